The number of thiazole rings is 1. The van der Waals surface area contributed by atoms with E-state index in [1.54, 1.807) is 11.3 Å². The van der Waals surface area contributed by atoms with Crippen LogP contribution in [-0.4, -0.2) is 16.2 Å². The van der Waals surface area contributed by atoms with Gasteiger partial charge >= 0.3 is 0 Å². The molecule has 2 aromatic rings. The largest absolute Gasteiger partial charge is 0.392 e. The van der Waals surface area contributed by atoms with Gasteiger partial charge in [0.15, 0.2) is 0 Å². The molecule has 2 nitrogen and oxygen atoms in total. The van der Waals surface area contributed by atoms with Crippen LogP contribution in [0.5, 0.6) is 0 Å². The van der Waals surface area contributed by atoms with E-state index >= 15 is 0 Å². The van der Waals surface area contributed by atoms with E-state index in [0.717, 1.165) is 22.7 Å². The van der Waals surface area contributed by atoms with Gasteiger partial charge in [0, 0.05) is 17.4 Å². The minimum Gasteiger partial charge on any atom is -0.392 e. The first-order valence-electron chi connectivity index (χ1n) is 6.71. The predicted molar refractivity (Wildman–Crippen MR) is 81.3 cm³/mol. The summed E-state index contributed by atoms with van der Waals surface area (Å²) in [5.41, 5.74) is 2.08. The molecule has 102 valence electrons. The molecule has 0 saturated heterocycles. The zero-order valence-corrected chi connectivity index (χ0v) is 12.6. The van der Waals surface area contributed by atoms with Gasteiger partial charge in [-0.2, -0.15) is 0 Å². The first-order chi connectivity index (χ1) is 9.03. The summed E-state index contributed by atoms with van der Waals surface area (Å²) in [6.45, 7) is 6.31. The van der Waals surface area contributed by atoms with Crippen LogP contribution in [-0.2, 0) is 6.42 Å². The van der Waals surface area contributed by atoms with Crippen molar-refractivity contribution in [1.29, 1.82) is 0 Å². The molecule has 1 heterocycles. The Kier molecular flexibility index (Phi) is 4.38. The minimum absolute atomic E-state index is 0.0570. The van der Waals surface area contributed by atoms with Crippen LogP contribution < -0.4 is 0 Å². The van der Waals surface area contributed by atoms with Gasteiger partial charge in [-0.3, -0.25) is 0 Å². The number of benzene rings is 1. The van der Waals surface area contributed by atoms with Crippen molar-refractivity contribution in [3.63, 3.8) is 0 Å². The van der Waals surface area contributed by atoms with Crippen LogP contribution in [0.25, 0.3) is 11.3 Å². The van der Waals surface area contributed by atoms with E-state index in [4.69, 9.17) is 0 Å². The van der Waals surface area contributed by atoms with Gasteiger partial charge in [-0.05, 0) is 11.8 Å². The summed E-state index contributed by atoms with van der Waals surface area (Å²) in [7, 11) is 0. The average Bonchev–Trinajstić information content (AvgIpc) is 2.88. The maximum atomic E-state index is 10.3. The summed E-state index contributed by atoms with van der Waals surface area (Å²) in [5, 5.41) is 13.3. The monoisotopic (exact) mass is 275 g/mol. The first-order valence-corrected chi connectivity index (χ1v) is 7.59. The average molecular weight is 275 g/mol. The van der Waals surface area contributed by atoms with E-state index in [1.165, 1.54) is 0 Å². The highest BCUT2D eigenvalue weighted by Gasteiger charge is 2.26. The van der Waals surface area contributed by atoms with E-state index in [1.807, 2.05) is 18.2 Å². The highest BCUT2D eigenvalue weighted by molar-refractivity contribution is 7.09. The van der Waals surface area contributed by atoms with Crippen LogP contribution in [0, 0.1) is 5.41 Å². The second kappa shape index (κ2) is 5.85. The van der Waals surface area contributed by atoms with Crippen molar-refractivity contribution in [2.24, 2.45) is 5.41 Å². The minimum atomic E-state index is -0.340. The lowest BCUT2D eigenvalue weighted by atomic mass is 9.82. The molecule has 1 N–H and O–H groups in total. The Bertz CT molecular complexity index is 519. The lowest BCUT2D eigenvalue weighted by Crippen LogP contribution is -2.30. The number of aliphatic hydroxyl groups is 1. The third-order valence-electron chi connectivity index (χ3n) is 3.80. The van der Waals surface area contributed by atoms with Crippen LogP contribution in [0.1, 0.15) is 32.2 Å². The summed E-state index contributed by atoms with van der Waals surface area (Å²) in [6.07, 6.45) is 1.26. The molecule has 0 saturated carbocycles. The molecule has 3 heteroatoms. The van der Waals surface area contributed by atoms with Crippen LogP contribution in [0.4, 0.5) is 0 Å². The van der Waals surface area contributed by atoms with E-state index in [-0.39, 0.29) is 11.5 Å². The van der Waals surface area contributed by atoms with Gasteiger partial charge in [0.25, 0.3) is 0 Å². The van der Waals surface area contributed by atoms with E-state index < -0.39 is 0 Å². The number of rotatable bonds is 5. The molecule has 0 radical (unpaired) electrons. The third kappa shape index (κ3) is 3.43. The van der Waals surface area contributed by atoms with Gasteiger partial charge in [0.2, 0.25) is 0 Å². The fraction of sp³-hybridized carbons (Fsp3) is 0.438. The fourth-order valence-electron chi connectivity index (χ4n) is 1.82. The standard InChI is InChI=1S/C16H21NOS/c1-4-16(2,3)14(18)10-15-17-13(11-19-15)12-8-6-5-7-9-12/h5-9,11,14,18H,4,10H2,1-3H3. The van der Waals surface area contributed by atoms with Crippen molar-refractivity contribution in [3.8, 4) is 11.3 Å². The summed E-state index contributed by atoms with van der Waals surface area (Å²) in [6, 6.07) is 10.2. The molecule has 1 atom stereocenters. The van der Waals surface area contributed by atoms with Gasteiger partial charge in [-0.25, -0.2) is 4.98 Å². The predicted octanol–water partition coefficient (Wildman–Crippen LogP) is 4.15. The Morgan fingerprint density at radius 3 is 2.58 bits per heavy atom. The van der Waals surface area contributed by atoms with E-state index in [0.29, 0.717) is 6.42 Å². The molecule has 1 unspecified atom stereocenters. The maximum absolute atomic E-state index is 10.3. The number of nitrogens with zero attached hydrogens (tertiary/aromatic N) is 1. The number of hydrogen-bond acceptors (Lipinski definition) is 3. The smallest absolute Gasteiger partial charge is 0.0958 e. The Balaban J connectivity index is 2.10. The van der Waals surface area contributed by atoms with Crippen molar-refractivity contribution < 1.29 is 5.11 Å². The molecule has 0 amide bonds. The van der Waals surface area contributed by atoms with Crippen LogP contribution in [0.3, 0.4) is 0 Å². The molecule has 1 aromatic carbocycles. The number of aliphatic hydroxyl groups excluding tert-OH is 1. The topological polar surface area (TPSA) is 33.1 Å². The van der Waals surface area contributed by atoms with Crippen molar-refractivity contribution in [3.05, 3.63) is 40.7 Å². The van der Waals surface area contributed by atoms with E-state index in [9.17, 15) is 5.11 Å². The number of aromatic nitrogens is 1. The lowest BCUT2D eigenvalue weighted by molar-refractivity contribution is 0.0479. The maximum Gasteiger partial charge on any atom is 0.0958 e. The molecular formula is C16H21NOS. The van der Waals surface area contributed by atoms with Gasteiger partial charge in [0.1, 0.15) is 0 Å². The van der Waals surface area contributed by atoms with Crippen molar-refractivity contribution in [1.82, 2.24) is 4.98 Å². The van der Waals surface area contributed by atoms with Crippen molar-refractivity contribution in [2.45, 2.75) is 39.7 Å². The summed E-state index contributed by atoms with van der Waals surface area (Å²) < 4.78 is 0. The Labute approximate surface area is 119 Å². The normalized spacial score (nSPS) is 13.5. The second-order valence-electron chi connectivity index (χ2n) is 5.55. The third-order valence-corrected chi connectivity index (χ3v) is 4.67. The van der Waals surface area contributed by atoms with Gasteiger partial charge in [0.05, 0.1) is 16.8 Å². The molecule has 1 aromatic heterocycles. The fourth-order valence-corrected chi connectivity index (χ4v) is 2.67. The Hall–Kier alpha value is -1.19. The number of hydrogen-bond donors (Lipinski definition) is 1. The SMILES string of the molecule is CCC(C)(C)C(O)Cc1nc(-c2ccccc2)cs1. The molecule has 0 aliphatic heterocycles. The first kappa shape index (κ1) is 14.2. The van der Waals surface area contributed by atoms with E-state index in [2.05, 4.69) is 43.3 Å². The lowest BCUT2D eigenvalue weighted by Gasteiger charge is -2.28. The molecule has 0 fully saturated rings. The van der Waals surface area contributed by atoms with Gasteiger partial charge in [-0.1, -0.05) is 51.1 Å². The second-order valence-corrected chi connectivity index (χ2v) is 6.50. The zero-order valence-electron chi connectivity index (χ0n) is 11.8. The highest BCUT2D eigenvalue weighted by Crippen LogP contribution is 2.29. The summed E-state index contributed by atoms with van der Waals surface area (Å²) in [5.74, 6) is 0. The molecule has 2 rings (SSSR count). The molecular weight excluding hydrogens is 254 g/mol. The van der Waals surface area contributed by atoms with Crippen LogP contribution in [0.15, 0.2) is 35.7 Å². The Morgan fingerprint density at radius 1 is 1.26 bits per heavy atom. The zero-order chi connectivity index (χ0) is 13.9. The molecule has 0 aliphatic rings. The highest BCUT2D eigenvalue weighted by atomic mass is 32.1. The molecule has 0 spiro atoms. The molecule has 19 heavy (non-hydrogen) atoms. The van der Waals surface area contributed by atoms with Gasteiger partial charge in [-0.15, -0.1) is 11.3 Å². The molecule has 0 bridgehead atoms. The van der Waals surface area contributed by atoms with Crippen molar-refractivity contribution >= 4 is 11.3 Å². The van der Waals surface area contributed by atoms with Crippen molar-refractivity contribution in [2.75, 3.05) is 0 Å². The van der Waals surface area contributed by atoms with Gasteiger partial charge < -0.3 is 5.11 Å². The molecule has 0 aliphatic carbocycles. The van der Waals surface area contributed by atoms with Crippen LogP contribution >= 0.6 is 11.3 Å². The van der Waals surface area contributed by atoms with Crippen LogP contribution in [0.2, 0.25) is 0 Å². The summed E-state index contributed by atoms with van der Waals surface area (Å²) in [4.78, 5) is 4.63. The summed E-state index contributed by atoms with van der Waals surface area (Å²) >= 11 is 1.63. The quantitative estimate of drug-likeness (QED) is 0.889. The Morgan fingerprint density at radius 2 is 1.95 bits per heavy atom.